The fourth-order valence-electron chi connectivity index (χ4n) is 0. The number of hydrogen-bond donors (Lipinski definition) is 0. The van der Waals surface area contributed by atoms with Gasteiger partial charge in [0.05, 0.1) is 0 Å². The lowest BCUT2D eigenvalue weighted by Gasteiger charge is -1.90. The largest absolute Gasteiger partial charge is 0.312 e. The van der Waals surface area contributed by atoms with Crippen LogP contribution in [0.5, 0.6) is 0 Å². The lowest BCUT2D eigenvalue weighted by atomic mass is 10.6. The Balaban J connectivity index is -0.00000000722. The molecular weight excluding hydrogens is 772 g/mol. The van der Waals surface area contributed by atoms with Gasteiger partial charge in [0.1, 0.15) is 0 Å². The Kier molecular flexibility index (Phi) is 1060. The van der Waals surface area contributed by atoms with E-state index in [1.165, 1.54) is 32.1 Å². The molecule has 5 nitrogen and oxygen atoms in total. The van der Waals surface area contributed by atoms with Crippen molar-refractivity contribution >= 4 is 55.7 Å². The van der Waals surface area contributed by atoms with E-state index in [0.717, 1.165) is 0 Å². The van der Waals surface area contributed by atoms with Gasteiger partial charge in [0, 0.05) is 0 Å². The second-order valence-corrected chi connectivity index (χ2v) is 11.6. The second-order valence-electron chi connectivity index (χ2n) is 9.49. The van der Waals surface area contributed by atoms with Crippen molar-refractivity contribution < 1.29 is 0 Å². The van der Waals surface area contributed by atoms with E-state index >= 15 is 0 Å². The fraction of sp³-hybridized carbons (Fsp3) is 1.00. The summed E-state index contributed by atoms with van der Waals surface area (Å²) in [5.41, 5.74) is 0. The summed E-state index contributed by atoms with van der Waals surface area (Å²) in [5.74, 6) is 0. The van der Waals surface area contributed by atoms with E-state index in [1.807, 2.05) is 142 Å². The predicted octanol–water partition coefficient (Wildman–Crippen LogP) is 17.3. The van der Waals surface area contributed by atoms with Crippen LogP contribution in [0.1, 0.15) is 183 Å². The van der Waals surface area contributed by atoms with Crippen molar-refractivity contribution in [2.24, 2.45) is 0 Å². The van der Waals surface area contributed by atoms with Crippen LogP contribution in [-0.4, -0.2) is 142 Å². The maximum Gasteiger partial charge on any atom is -0.0102 e. The molecule has 0 N–H and O–H groups in total. The predicted molar refractivity (Wildman–Crippen MR) is 322 cm³/mol. The highest BCUT2D eigenvalue weighted by Crippen LogP contribution is 1.78. The third-order valence-corrected chi connectivity index (χ3v) is 0. The third kappa shape index (κ3) is 27400. The van der Waals surface area contributed by atoms with Crippen molar-refractivity contribution in [1.82, 2.24) is 24.0 Å². The highest BCUT2D eigenvalue weighted by Gasteiger charge is 1.59. The molecule has 0 aliphatic rings. The highest BCUT2D eigenvalue weighted by molar-refractivity contribution is 7.15. The molecule has 374 valence electrons. The molecule has 0 aromatic heterocycles. The van der Waals surface area contributed by atoms with E-state index < -0.39 is 0 Å². The smallest absolute Gasteiger partial charge is 0.0102 e. The Labute approximate surface area is 379 Å². The van der Waals surface area contributed by atoms with E-state index in [0.29, 0.717) is 0 Å². The zero-order chi connectivity index (χ0) is 39.4. The highest BCUT2D eigenvalue weighted by atomic mass is 31.0. The Hall–Kier alpha value is 2.38. The Morgan fingerprint density at radius 2 is 0.222 bits per heavy atom. The van der Waals surface area contributed by atoms with Gasteiger partial charge >= 0.3 is 0 Å². The SMILES string of the molecule is C.C.C.C.C.C.C.C.C.C.C.CCC.CCC.CCC.CCC.CCC.CN(C)C.CN(C)C.CN(C)C.CN(C)P.CN(C)P.CP.CP.CP.CP. The van der Waals surface area contributed by atoms with Crippen molar-refractivity contribution in [2.45, 2.75) is 183 Å². The van der Waals surface area contributed by atoms with Gasteiger partial charge in [-0.2, -0.15) is 0 Å². The Morgan fingerprint density at radius 3 is 0.222 bits per heavy atom. The van der Waals surface area contributed by atoms with Gasteiger partial charge in [-0.05, 0) is 91.6 Å². The first-order valence-corrected chi connectivity index (χ1v) is 21.4. The summed E-state index contributed by atoms with van der Waals surface area (Å²) in [4.78, 5) is 6.00. The van der Waals surface area contributed by atoms with Crippen LogP contribution in [0.25, 0.3) is 0 Å². The van der Waals surface area contributed by atoms with Gasteiger partial charge in [0.25, 0.3) is 0 Å². The van der Waals surface area contributed by atoms with Gasteiger partial charge in [-0.3, -0.25) is 9.34 Å². The van der Waals surface area contributed by atoms with Crippen LogP contribution >= 0.6 is 55.7 Å². The van der Waals surface area contributed by atoms with Crippen molar-refractivity contribution in [2.75, 3.05) is 118 Å². The van der Waals surface area contributed by atoms with Crippen LogP contribution in [-0.2, 0) is 0 Å². The van der Waals surface area contributed by atoms with Gasteiger partial charge < -0.3 is 14.7 Å². The molecule has 0 spiro atoms. The van der Waals surface area contributed by atoms with Gasteiger partial charge in [-0.25, -0.2) is 0 Å². The standard InChI is InChI=1S/3C3H9N.5C3H8.2C2H8NP.4CH5P.11CH4/c3*1-4(2)3;5*1-3-2;2*1-3(2)4;4*1-2;;;;;;;;;;;/h3*1-3H3;5*3H2,1-2H3;2*4H2,1-2H3;4*2H2,1H3;11*1H4. The van der Waals surface area contributed by atoms with Crippen LogP contribution in [0.3, 0.4) is 0 Å². The molecule has 6 unspecified atom stereocenters. The van der Waals surface area contributed by atoms with Gasteiger partial charge in [-0.15, -0.1) is 37.0 Å². The molecule has 0 saturated carbocycles. The van der Waals surface area contributed by atoms with Gasteiger partial charge in [0.2, 0.25) is 0 Å². The molecular formula is C43H147N5P6. The minimum atomic E-state index is 0. The summed E-state index contributed by atoms with van der Waals surface area (Å²) < 4.78 is 3.83. The number of rotatable bonds is 0. The molecule has 54 heavy (non-hydrogen) atoms. The first-order chi connectivity index (χ1) is 19.7. The molecule has 0 aliphatic carbocycles. The fourth-order valence-corrected chi connectivity index (χ4v) is 0. The normalized spacial score (nSPS) is 5.44. The molecule has 0 rings (SSSR count). The Bertz CT molecular complexity index is 153. The molecule has 0 aliphatic heterocycles. The minimum absolute atomic E-state index is 0. The lowest BCUT2D eigenvalue weighted by molar-refractivity contribution is 0.505. The molecule has 0 heterocycles. The zero-order valence-electron chi connectivity index (χ0n) is 36.2. The molecule has 0 fully saturated rings. The molecule has 0 radical (unpaired) electrons. The summed E-state index contributed by atoms with van der Waals surface area (Å²) >= 11 is 0. The van der Waals surface area contributed by atoms with Crippen LogP contribution in [0.2, 0.25) is 0 Å². The summed E-state index contributed by atoms with van der Waals surface area (Å²) in [6.45, 7) is 28.9. The van der Waals surface area contributed by atoms with Crippen molar-refractivity contribution in [1.29, 1.82) is 0 Å². The molecule has 11 heteroatoms. The van der Waals surface area contributed by atoms with E-state index in [-0.39, 0.29) is 81.7 Å². The molecule has 0 aromatic carbocycles. The van der Waals surface area contributed by atoms with E-state index in [4.69, 9.17) is 0 Å². The number of nitrogens with zero attached hydrogens (tertiary/aromatic N) is 5. The molecule has 0 aromatic rings. The summed E-state index contributed by atoms with van der Waals surface area (Å²) in [6.07, 6.45) is 6.25. The maximum absolute atomic E-state index is 2.49. The zero-order valence-corrected chi connectivity index (χ0v) is 43.2. The average Bonchev–Trinajstić information content (AvgIpc) is 2.85. The molecule has 0 amide bonds. The maximum atomic E-state index is 2.49. The molecule has 0 bridgehead atoms. The van der Waals surface area contributed by atoms with Crippen molar-refractivity contribution in [3.63, 3.8) is 0 Å². The van der Waals surface area contributed by atoms with E-state index in [2.05, 4.69) is 125 Å². The summed E-state index contributed by atoms with van der Waals surface area (Å²) in [7, 11) is 40.5. The lowest BCUT2D eigenvalue weighted by Crippen LogP contribution is -1.99. The van der Waals surface area contributed by atoms with Crippen LogP contribution in [0.15, 0.2) is 0 Å². The molecule has 6 atom stereocenters. The van der Waals surface area contributed by atoms with Crippen molar-refractivity contribution in [3.05, 3.63) is 0 Å². The van der Waals surface area contributed by atoms with Crippen molar-refractivity contribution in [3.8, 4) is 0 Å². The Morgan fingerprint density at radius 1 is 0.222 bits per heavy atom. The molecule has 0 saturated heterocycles. The second kappa shape index (κ2) is 327. The third-order valence-electron chi connectivity index (χ3n) is 0. The average molecular weight is 921 g/mol. The first-order valence-electron chi connectivity index (χ1n) is 15.7. The quantitative estimate of drug-likeness (QED) is 0.224. The van der Waals surface area contributed by atoms with Crippen LogP contribution < -0.4 is 0 Å². The summed E-state index contributed by atoms with van der Waals surface area (Å²) in [5, 5.41) is 0. The van der Waals surface area contributed by atoms with Gasteiger partial charge in [-0.1, -0.05) is 228 Å². The summed E-state index contributed by atoms with van der Waals surface area (Å²) in [6, 6.07) is 0. The van der Waals surface area contributed by atoms with E-state index in [9.17, 15) is 0 Å². The van der Waals surface area contributed by atoms with Crippen LogP contribution in [0, 0.1) is 0 Å². The number of hydrogen-bond acceptors (Lipinski definition) is 5. The first kappa shape index (κ1) is 176. The van der Waals surface area contributed by atoms with Crippen LogP contribution in [0.4, 0.5) is 0 Å². The van der Waals surface area contributed by atoms with Gasteiger partial charge in [0.15, 0.2) is 0 Å². The minimum Gasteiger partial charge on any atom is -0.312 e. The topological polar surface area (TPSA) is 16.2 Å². The van der Waals surface area contributed by atoms with E-state index in [1.54, 1.807) is 0 Å². The monoisotopic (exact) mass is 920 g/mol.